The van der Waals surface area contributed by atoms with Crippen molar-refractivity contribution in [1.29, 1.82) is 0 Å². The lowest BCUT2D eigenvalue weighted by atomic mass is 9.85. The fourth-order valence-corrected chi connectivity index (χ4v) is 1.97. The van der Waals surface area contributed by atoms with Gasteiger partial charge < -0.3 is 5.11 Å². The number of rotatable bonds is 3. The zero-order chi connectivity index (χ0) is 10.8. The molecule has 0 aromatic rings. The largest absolute Gasteiger partial charge is 0.481 e. The molecular formula is C11H19NO2. The third-order valence-corrected chi connectivity index (χ3v) is 3.10. The van der Waals surface area contributed by atoms with Gasteiger partial charge in [-0.2, -0.15) is 0 Å². The van der Waals surface area contributed by atoms with E-state index in [-0.39, 0.29) is 11.5 Å². The van der Waals surface area contributed by atoms with Crippen molar-refractivity contribution in [2.24, 2.45) is 5.92 Å². The Morgan fingerprint density at radius 3 is 2.86 bits per heavy atom. The number of hydrogen-bond acceptors (Lipinski definition) is 2. The minimum Gasteiger partial charge on any atom is -0.481 e. The monoisotopic (exact) mass is 197 g/mol. The average Bonchev–Trinajstić information content (AvgIpc) is 2.08. The van der Waals surface area contributed by atoms with E-state index < -0.39 is 5.97 Å². The van der Waals surface area contributed by atoms with Crippen molar-refractivity contribution in [2.75, 3.05) is 13.1 Å². The smallest absolute Gasteiger partial charge is 0.307 e. The Hall–Kier alpha value is -0.830. The molecule has 0 aliphatic carbocycles. The van der Waals surface area contributed by atoms with E-state index in [1.807, 2.05) is 6.08 Å². The van der Waals surface area contributed by atoms with Crippen LogP contribution in [0.25, 0.3) is 0 Å². The molecule has 0 bridgehead atoms. The lowest BCUT2D eigenvalue weighted by molar-refractivity contribution is -0.145. The highest BCUT2D eigenvalue weighted by Crippen LogP contribution is 2.30. The average molecular weight is 197 g/mol. The van der Waals surface area contributed by atoms with Crippen LogP contribution in [-0.4, -0.2) is 34.6 Å². The molecular weight excluding hydrogens is 178 g/mol. The van der Waals surface area contributed by atoms with E-state index in [0.29, 0.717) is 6.54 Å². The molecule has 0 spiro atoms. The number of hydrogen-bond donors (Lipinski definition) is 1. The summed E-state index contributed by atoms with van der Waals surface area (Å²) in [6.07, 6.45) is 3.57. The summed E-state index contributed by atoms with van der Waals surface area (Å²) < 4.78 is 0. The maximum atomic E-state index is 10.9. The van der Waals surface area contributed by atoms with Crippen molar-refractivity contribution in [2.45, 2.75) is 32.2 Å². The molecule has 1 unspecified atom stereocenters. The van der Waals surface area contributed by atoms with Gasteiger partial charge in [0.2, 0.25) is 0 Å². The Morgan fingerprint density at radius 1 is 1.71 bits per heavy atom. The van der Waals surface area contributed by atoms with Gasteiger partial charge in [0.05, 0.1) is 5.92 Å². The molecule has 3 nitrogen and oxygen atoms in total. The molecule has 14 heavy (non-hydrogen) atoms. The second-order valence-corrected chi connectivity index (χ2v) is 4.58. The number of carboxylic acids is 1. The predicted molar refractivity (Wildman–Crippen MR) is 56.2 cm³/mol. The van der Waals surface area contributed by atoms with Crippen molar-refractivity contribution >= 4 is 5.97 Å². The molecule has 1 rings (SSSR count). The normalized spacial score (nSPS) is 27.1. The minimum atomic E-state index is -0.672. The SMILES string of the molecule is C=CCN1CC(C(=O)O)CCC1(C)C. The topological polar surface area (TPSA) is 40.5 Å². The summed E-state index contributed by atoms with van der Waals surface area (Å²) in [7, 11) is 0. The molecule has 1 aliphatic heterocycles. The Labute approximate surface area is 85.4 Å². The molecule has 1 saturated heterocycles. The highest BCUT2D eigenvalue weighted by atomic mass is 16.4. The summed E-state index contributed by atoms with van der Waals surface area (Å²) in [6, 6.07) is 0. The van der Waals surface area contributed by atoms with Crippen molar-refractivity contribution < 1.29 is 9.90 Å². The Balaban J connectivity index is 2.66. The lowest BCUT2D eigenvalue weighted by Crippen LogP contribution is -2.51. The fraction of sp³-hybridized carbons (Fsp3) is 0.727. The van der Waals surface area contributed by atoms with Gasteiger partial charge in [0.25, 0.3) is 0 Å². The molecule has 0 radical (unpaired) electrons. The second kappa shape index (κ2) is 4.13. The first-order valence-corrected chi connectivity index (χ1v) is 5.06. The Bertz CT molecular complexity index is 235. The van der Waals surface area contributed by atoms with Gasteiger partial charge in [-0.1, -0.05) is 6.08 Å². The first-order chi connectivity index (χ1) is 6.47. The Morgan fingerprint density at radius 2 is 2.36 bits per heavy atom. The molecule has 1 fully saturated rings. The quantitative estimate of drug-likeness (QED) is 0.701. The van der Waals surface area contributed by atoms with Crippen molar-refractivity contribution in [3.63, 3.8) is 0 Å². The maximum Gasteiger partial charge on any atom is 0.307 e. The number of aliphatic carboxylic acids is 1. The number of carboxylic acid groups (broad SMARTS) is 1. The van der Waals surface area contributed by atoms with E-state index in [4.69, 9.17) is 5.11 Å². The van der Waals surface area contributed by atoms with Gasteiger partial charge in [-0.15, -0.1) is 6.58 Å². The summed E-state index contributed by atoms with van der Waals surface area (Å²) in [5.41, 5.74) is 0.111. The number of nitrogens with zero attached hydrogens (tertiary/aromatic N) is 1. The summed E-state index contributed by atoms with van der Waals surface area (Å²) in [6.45, 7) is 9.45. The van der Waals surface area contributed by atoms with Crippen molar-refractivity contribution in [3.8, 4) is 0 Å². The van der Waals surface area contributed by atoms with Gasteiger partial charge in [-0.05, 0) is 26.7 Å². The molecule has 0 saturated carbocycles. The molecule has 1 N–H and O–H groups in total. The summed E-state index contributed by atoms with van der Waals surface area (Å²) in [5, 5.41) is 8.94. The van der Waals surface area contributed by atoms with E-state index in [1.54, 1.807) is 0 Å². The first-order valence-electron chi connectivity index (χ1n) is 5.06. The second-order valence-electron chi connectivity index (χ2n) is 4.58. The predicted octanol–water partition coefficient (Wildman–Crippen LogP) is 1.75. The minimum absolute atomic E-state index is 0.111. The van der Waals surface area contributed by atoms with Gasteiger partial charge in [-0.3, -0.25) is 9.69 Å². The third kappa shape index (κ3) is 2.35. The van der Waals surface area contributed by atoms with Gasteiger partial charge in [-0.25, -0.2) is 0 Å². The standard InChI is InChI=1S/C11H19NO2/c1-4-7-12-8-9(10(13)14)5-6-11(12,2)3/h4,9H,1,5-8H2,2-3H3,(H,13,14). The van der Waals surface area contributed by atoms with Crippen LogP contribution in [0.2, 0.25) is 0 Å². The fourth-order valence-electron chi connectivity index (χ4n) is 1.97. The number of piperidine rings is 1. The maximum absolute atomic E-state index is 10.9. The lowest BCUT2D eigenvalue weighted by Gasteiger charge is -2.44. The van der Waals surface area contributed by atoms with Crippen molar-refractivity contribution in [1.82, 2.24) is 4.90 Å². The van der Waals surface area contributed by atoms with Crippen LogP contribution < -0.4 is 0 Å². The molecule has 0 aromatic carbocycles. The van der Waals surface area contributed by atoms with E-state index in [2.05, 4.69) is 25.3 Å². The van der Waals surface area contributed by atoms with Crippen LogP contribution in [0.5, 0.6) is 0 Å². The van der Waals surface area contributed by atoms with Crippen LogP contribution in [0, 0.1) is 5.92 Å². The van der Waals surface area contributed by atoms with Crippen LogP contribution >= 0.6 is 0 Å². The van der Waals surface area contributed by atoms with Crippen LogP contribution in [0.3, 0.4) is 0 Å². The Kier molecular flexibility index (Phi) is 3.32. The van der Waals surface area contributed by atoms with Crippen LogP contribution in [-0.2, 0) is 4.79 Å². The highest BCUT2D eigenvalue weighted by molar-refractivity contribution is 5.70. The number of carbonyl (C=O) groups is 1. The third-order valence-electron chi connectivity index (χ3n) is 3.10. The van der Waals surface area contributed by atoms with Gasteiger partial charge in [0.15, 0.2) is 0 Å². The van der Waals surface area contributed by atoms with Gasteiger partial charge in [0, 0.05) is 18.6 Å². The molecule has 1 aliphatic rings. The molecule has 3 heteroatoms. The first kappa shape index (κ1) is 11.2. The van der Waals surface area contributed by atoms with Crippen LogP contribution in [0.15, 0.2) is 12.7 Å². The van der Waals surface area contributed by atoms with E-state index in [0.717, 1.165) is 19.4 Å². The molecule has 1 atom stereocenters. The van der Waals surface area contributed by atoms with E-state index in [1.165, 1.54) is 0 Å². The molecule has 1 heterocycles. The molecule has 0 amide bonds. The van der Waals surface area contributed by atoms with Gasteiger partial charge >= 0.3 is 5.97 Å². The highest BCUT2D eigenvalue weighted by Gasteiger charge is 2.35. The van der Waals surface area contributed by atoms with Gasteiger partial charge in [0.1, 0.15) is 0 Å². The summed E-state index contributed by atoms with van der Waals surface area (Å²) in [5.74, 6) is -0.877. The van der Waals surface area contributed by atoms with E-state index >= 15 is 0 Å². The van der Waals surface area contributed by atoms with E-state index in [9.17, 15) is 4.79 Å². The summed E-state index contributed by atoms with van der Waals surface area (Å²) in [4.78, 5) is 13.1. The molecule has 0 aromatic heterocycles. The number of likely N-dealkylation sites (tertiary alicyclic amines) is 1. The molecule has 80 valence electrons. The van der Waals surface area contributed by atoms with Crippen molar-refractivity contribution in [3.05, 3.63) is 12.7 Å². The van der Waals surface area contributed by atoms with Crippen LogP contribution in [0.1, 0.15) is 26.7 Å². The zero-order valence-electron chi connectivity index (χ0n) is 8.99. The summed E-state index contributed by atoms with van der Waals surface area (Å²) >= 11 is 0. The zero-order valence-corrected chi connectivity index (χ0v) is 8.99. The van der Waals surface area contributed by atoms with Crippen LogP contribution in [0.4, 0.5) is 0 Å².